The molecule has 8 aromatic carbocycles. The van der Waals surface area contributed by atoms with Crippen LogP contribution in [0.25, 0.3) is 76.9 Å². The summed E-state index contributed by atoms with van der Waals surface area (Å²) >= 11 is 0. The van der Waals surface area contributed by atoms with Gasteiger partial charge < -0.3 is 13.7 Å². The Morgan fingerprint density at radius 2 is 0.939 bits per heavy atom. The first-order chi connectivity index (χ1) is 24.3. The van der Waals surface area contributed by atoms with E-state index in [9.17, 15) is 0 Å². The molecular formula is C46H29NO2. The Balaban J connectivity index is 1.29. The molecule has 10 aromatic rings. The maximum Gasteiger partial charge on any atom is 0.159 e. The number of rotatable bonds is 5. The zero-order chi connectivity index (χ0) is 32.3. The lowest BCUT2D eigenvalue weighted by molar-refractivity contribution is 0.668. The highest BCUT2D eigenvalue weighted by molar-refractivity contribution is 6.19. The number of fused-ring (bicyclic) bond motifs is 8. The van der Waals surface area contributed by atoms with Gasteiger partial charge in [-0.2, -0.15) is 0 Å². The van der Waals surface area contributed by atoms with Gasteiger partial charge in [-0.05, 0) is 64.5 Å². The molecule has 0 bridgehead atoms. The van der Waals surface area contributed by atoms with Crippen molar-refractivity contribution in [1.29, 1.82) is 0 Å². The maximum absolute atomic E-state index is 6.98. The average Bonchev–Trinajstić information content (AvgIpc) is 3.75. The Kier molecular flexibility index (Phi) is 6.18. The van der Waals surface area contributed by atoms with Crippen molar-refractivity contribution in [2.24, 2.45) is 0 Å². The third-order valence-electron chi connectivity index (χ3n) is 9.67. The van der Waals surface area contributed by atoms with E-state index in [1.54, 1.807) is 0 Å². The molecule has 0 unspecified atom stereocenters. The van der Waals surface area contributed by atoms with Gasteiger partial charge in [-0.15, -0.1) is 0 Å². The molecule has 3 nitrogen and oxygen atoms in total. The lowest BCUT2D eigenvalue weighted by Gasteiger charge is -2.28. The van der Waals surface area contributed by atoms with Crippen molar-refractivity contribution in [3.05, 3.63) is 176 Å². The molecule has 2 aromatic heterocycles. The second-order valence-corrected chi connectivity index (χ2v) is 12.5. The number of hydrogen-bond acceptors (Lipinski definition) is 3. The molecule has 0 saturated carbocycles. The van der Waals surface area contributed by atoms with Gasteiger partial charge in [-0.1, -0.05) is 133 Å². The molecule has 0 saturated heterocycles. The largest absolute Gasteiger partial charge is 0.455 e. The van der Waals surface area contributed by atoms with Crippen molar-refractivity contribution in [3.63, 3.8) is 0 Å². The Morgan fingerprint density at radius 3 is 1.76 bits per heavy atom. The third kappa shape index (κ3) is 4.37. The fraction of sp³-hybridized carbons (Fsp3) is 0. The average molecular weight is 628 g/mol. The van der Waals surface area contributed by atoms with E-state index >= 15 is 0 Å². The van der Waals surface area contributed by atoms with Gasteiger partial charge >= 0.3 is 0 Å². The molecule has 0 radical (unpaired) electrons. The summed E-state index contributed by atoms with van der Waals surface area (Å²) in [7, 11) is 0. The molecule has 0 spiro atoms. The smallest absolute Gasteiger partial charge is 0.159 e. The summed E-state index contributed by atoms with van der Waals surface area (Å²) in [6.07, 6.45) is 0. The minimum absolute atomic E-state index is 0.838. The summed E-state index contributed by atoms with van der Waals surface area (Å²) in [6, 6.07) is 61.8. The second kappa shape index (κ2) is 11.0. The van der Waals surface area contributed by atoms with Crippen molar-refractivity contribution in [2.45, 2.75) is 0 Å². The fourth-order valence-corrected chi connectivity index (χ4v) is 7.38. The summed E-state index contributed by atoms with van der Waals surface area (Å²) < 4.78 is 13.6. The van der Waals surface area contributed by atoms with Gasteiger partial charge in [0.05, 0.1) is 11.4 Å². The summed E-state index contributed by atoms with van der Waals surface area (Å²) in [5.74, 6) is 0. The summed E-state index contributed by atoms with van der Waals surface area (Å²) in [6.45, 7) is 0. The van der Waals surface area contributed by atoms with E-state index in [4.69, 9.17) is 8.83 Å². The van der Waals surface area contributed by atoms with Crippen LogP contribution in [0, 0.1) is 0 Å². The number of para-hydroxylation sites is 2. The first kappa shape index (κ1) is 27.5. The molecule has 0 amide bonds. The van der Waals surface area contributed by atoms with E-state index in [2.05, 4.69) is 169 Å². The van der Waals surface area contributed by atoms with E-state index in [1.165, 1.54) is 5.56 Å². The van der Waals surface area contributed by atoms with Crippen LogP contribution in [0.5, 0.6) is 0 Å². The van der Waals surface area contributed by atoms with Gasteiger partial charge in [-0.3, -0.25) is 0 Å². The first-order valence-corrected chi connectivity index (χ1v) is 16.6. The Morgan fingerprint density at radius 1 is 0.327 bits per heavy atom. The Hall–Kier alpha value is -6.58. The molecule has 230 valence electrons. The predicted molar refractivity (Wildman–Crippen MR) is 204 cm³/mol. The molecular weight excluding hydrogens is 599 g/mol. The third-order valence-corrected chi connectivity index (χ3v) is 9.67. The van der Waals surface area contributed by atoms with Gasteiger partial charge in [0.1, 0.15) is 16.7 Å². The monoisotopic (exact) mass is 627 g/mol. The van der Waals surface area contributed by atoms with Crippen molar-refractivity contribution in [1.82, 2.24) is 0 Å². The summed E-state index contributed by atoms with van der Waals surface area (Å²) in [5.41, 5.74) is 10.9. The van der Waals surface area contributed by atoms with Crippen LogP contribution in [0.15, 0.2) is 185 Å². The first-order valence-electron chi connectivity index (χ1n) is 16.6. The van der Waals surface area contributed by atoms with E-state index in [0.717, 1.165) is 88.4 Å². The zero-order valence-electron chi connectivity index (χ0n) is 26.5. The molecule has 0 N–H and O–H groups in total. The lowest BCUT2D eigenvalue weighted by Crippen LogP contribution is -2.11. The van der Waals surface area contributed by atoms with Gasteiger partial charge in [0.15, 0.2) is 5.58 Å². The van der Waals surface area contributed by atoms with Crippen molar-refractivity contribution < 1.29 is 8.83 Å². The highest BCUT2D eigenvalue weighted by atomic mass is 16.3. The molecule has 2 heterocycles. The van der Waals surface area contributed by atoms with E-state index in [-0.39, 0.29) is 0 Å². The van der Waals surface area contributed by atoms with Crippen molar-refractivity contribution in [3.8, 4) is 22.3 Å². The van der Waals surface area contributed by atoms with E-state index < -0.39 is 0 Å². The van der Waals surface area contributed by atoms with Crippen molar-refractivity contribution >= 4 is 71.7 Å². The highest BCUT2D eigenvalue weighted by Crippen LogP contribution is 2.49. The number of nitrogens with zero attached hydrogens (tertiary/aromatic N) is 1. The van der Waals surface area contributed by atoms with E-state index in [1.807, 2.05) is 12.1 Å². The minimum Gasteiger partial charge on any atom is -0.455 e. The van der Waals surface area contributed by atoms with Gasteiger partial charge in [-0.25, -0.2) is 0 Å². The number of furan rings is 2. The molecule has 3 heteroatoms. The van der Waals surface area contributed by atoms with Crippen LogP contribution in [-0.2, 0) is 0 Å². The fourth-order valence-electron chi connectivity index (χ4n) is 7.38. The summed E-state index contributed by atoms with van der Waals surface area (Å²) in [5, 5.41) is 6.64. The minimum atomic E-state index is 0.838. The van der Waals surface area contributed by atoms with Gasteiger partial charge in [0, 0.05) is 38.2 Å². The number of benzene rings is 8. The maximum atomic E-state index is 6.98. The van der Waals surface area contributed by atoms with Crippen LogP contribution < -0.4 is 4.90 Å². The number of hydrogen-bond donors (Lipinski definition) is 0. The molecule has 49 heavy (non-hydrogen) atoms. The Bertz CT molecular complexity index is 2810. The van der Waals surface area contributed by atoms with E-state index in [0.29, 0.717) is 0 Å². The molecule has 0 aliphatic carbocycles. The predicted octanol–water partition coefficient (Wildman–Crippen LogP) is 13.4. The standard InChI is InChI=1S/C46H29NO2/c1-3-12-30(13-4-1)31-22-25-34(26-23-31)47(41-20-11-19-37-36-18-9-10-21-42(36)48-45(37)41)40-29-28-39-38-27-24-32-14-7-8-17-35(32)44(38)49-46(39)43(40)33-15-5-2-6-16-33/h1-29H. The number of anilines is 3. The quantitative estimate of drug-likeness (QED) is 0.190. The van der Waals surface area contributed by atoms with Gasteiger partial charge in [0.25, 0.3) is 0 Å². The molecule has 0 aliphatic heterocycles. The lowest BCUT2D eigenvalue weighted by atomic mass is 9.97. The van der Waals surface area contributed by atoms with Crippen LogP contribution in [0.3, 0.4) is 0 Å². The summed E-state index contributed by atoms with van der Waals surface area (Å²) in [4.78, 5) is 2.33. The topological polar surface area (TPSA) is 29.5 Å². The Labute approximate surface area is 282 Å². The zero-order valence-corrected chi connectivity index (χ0v) is 26.5. The molecule has 0 fully saturated rings. The second-order valence-electron chi connectivity index (χ2n) is 12.5. The van der Waals surface area contributed by atoms with Crippen molar-refractivity contribution in [2.75, 3.05) is 4.90 Å². The molecule has 0 aliphatic rings. The van der Waals surface area contributed by atoms with Crippen LogP contribution in [-0.4, -0.2) is 0 Å². The van der Waals surface area contributed by atoms with Gasteiger partial charge in [0.2, 0.25) is 0 Å². The van der Waals surface area contributed by atoms with Crippen LogP contribution in [0.4, 0.5) is 17.1 Å². The highest BCUT2D eigenvalue weighted by Gasteiger charge is 2.25. The molecule has 10 rings (SSSR count). The van der Waals surface area contributed by atoms with Crippen LogP contribution >= 0.6 is 0 Å². The molecule has 0 atom stereocenters. The normalized spacial score (nSPS) is 11.7. The van der Waals surface area contributed by atoms with Crippen LogP contribution in [0.2, 0.25) is 0 Å². The van der Waals surface area contributed by atoms with Crippen LogP contribution in [0.1, 0.15) is 0 Å². The SMILES string of the molecule is c1ccc(-c2ccc(N(c3ccc4c(oc5c6ccccc6ccc45)c3-c3ccccc3)c3cccc4c3oc3ccccc34)cc2)cc1.